The van der Waals surface area contributed by atoms with Gasteiger partial charge in [0.15, 0.2) is 0 Å². The number of methoxy groups -OCH3 is 1. The number of hydrogen-bond donors (Lipinski definition) is 1. The summed E-state index contributed by atoms with van der Waals surface area (Å²) in [5.74, 6) is -0.383. The molecule has 0 aromatic carbocycles. The van der Waals surface area contributed by atoms with Crippen LogP contribution < -0.4 is 0 Å². The Morgan fingerprint density at radius 3 is 3.00 bits per heavy atom. The minimum atomic E-state index is -0.383. The number of nitrogens with zero attached hydrogens (tertiary/aromatic N) is 1. The van der Waals surface area contributed by atoms with E-state index in [1.165, 1.54) is 7.11 Å². The average Bonchev–Trinajstić information content (AvgIpc) is 1.85. The first kappa shape index (κ1) is 8.26. The molecule has 0 aliphatic carbocycles. The number of carbonyl (C=O) groups is 1. The van der Waals surface area contributed by atoms with Crippen LogP contribution in [0.25, 0.3) is 0 Å². The predicted molar refractivity (Wildman–Crippen MR) is 32.5 cm³/mol. The fraction of sp³-hybridized carbons (Fsp3) is 0.600. The zero-order chi connectivity index (χ0) is 7.11. The van der Waals surface area contributed by atoms with Crippen molar-refractivity contribution in [3.8, 4) is 0 Å². The van der Waals surface area contributed by atoms with Crippen LogP contribution in [0.1, 0.15) is 0 Å². The van der Waals surface area contributed by atoms with Gasteiger partial charge in [0, 0.05) is 13.3 Å². The second kappa shape index (κ2) is 5.40. The molecule has 0 spiro atoms. The van der Waals surface area contributed by atoms with Crippen LogP contribution in [0.4, 0.5) is 0 Å². The molecule has 0 aromatic heterocycles. The zero-order valence-corrected chi connectivity index (χ0v) is 5.20. The van der Waals surface area contributed by atoms with Crippen LogP contribution in [0, 0.1) is 0 Å². The lowest BCUT2D eigenvalue weighted by atomic mass is 10.6. The fourth-order valence-corrected chi connectivity index (χ4v) is 0.303. The number of aliphatic hydroxyl groups excluding tert-OH is 1. The highest BCUT2D eigenvalue weighted by Crippen LogP contribution is 1.73. The Hall–Kier alpha value is -0.740. The van der Waals surface area contributed by atoms with Crippen molar-refractivity contribution in [3.05, 3.63) is 0 Å². The molecule has 0 atom stereocenters. The molecule has 1 N–H and O–H groups in total. The lowest BCUT2D eigenvalue weighted by Gasteiger charge is -1.88. The smallest absolute Gasteiger partial charge is 0.271 e. The summed E-state index contributed by atoms with van der Waals surface area (Å²) in [6, 6.07) is 0. The SMILES string of the molecule is COCC(=O)N=CCO. The third-order valence-electron chi connectivity index (χ3n) is 0.585. The second-order valence-corrected chi connectivity index (χ2v) is 1.32. The minimum absolute atomic E-state index is 0.0313. The Bertz CT molecular complexity index is 111. The van der Waals surface area contributed by atoms with Gasteiger partial charge in [-0.3, -0.25) is 4.79 Å². The van der Waals surface area contributed by atoms with E-state index in [9.17, 15) is 4.79 Å². The second-order valence-electron chi connectivity index (χ2n) is 1.32. The number of ether oxygens (including phenoxy) is 1. The molecule has 0 heterocycles. The lowest BCUT2D eigenvalue weighted by molar-refractivity contribution is -0.121. The zero-order valence-electron chi connectivity index (χ0n) is 5.20. The molecule has 0 saturated carbocycles. The van der Waals surface area contributed by atoms with Gasteiger partial charge in [-0.25, -0.2) is 4.99 Å². The first-order chi connectivity index (χ1) is 4.31. The van der Waals surface area contributed by atoms with Gasteiger partial charge < -0.3 is 9.84 Å². The van der Waals surface area contributed by atoms with Crippen LogP contribution in [-0.4, -0.2) is 37.6 Å². The number of aliphatic hydroxyl groups is 1. The Kier molecular flexibility index (Phi) is 4.95. The van der Waals surface area contributed by atoms with Gasteiger partial charge >= 0.3 is 0 Å². The molecule has 4 heteroatoms. The molecular weight excluding hydrogens is 122 g/mol. The highest BCUT2D eigenvalue weighted by molar-refractivity contribution is 5.85. The highest BCUT2D eigenvalue weighted by Gasteiger charge is 1.92. The van der Waals surface area contributed by atoms with E-state index < -0.39 is 0 Å². The van der Waals surface area contributed by atoms with Crippen LogP contribution in [0.15, 0.2) is 4.99 Å². The van der Waals surface area contributed by atoms with Crippen LogP contribution in [0.5, 0.6) is 0 Å². The van der Waals surface area contributed by atoms with Gasteiger partial charge in [0.1, 0.15) is 6.61 Å². The van der Waals surface area contributed by atoms with Gasteiger partial charge in [0.25, 0.3) is 5.91 Å². The van der Waals surface area contributed by atoms with E-state index in [1.54, 1.807) is 0 Å². The van der Waals surface area contributed by atoms with Crippen LogP contribution >= 0.6 is 0 Å². The van der Waals surface area contributed by atoms with Crippen molar-refractivity contribution >= 4 is 12.1 Å². The molecule has 0 aliphatic rings. The molecule has 0 aromatic rings. The Balaban J connectivity index is 3.37. The van der Waals surface area contributed by atoms with Gasteiger partial charge in [-0.15, -0.1) is 0 Å². The Morgan fingerprint density at radius 2 is 2.56 bits per heavy atom. The first-order valence-electron chi connectivity index (χ1n) is 2.46. The van der Waals surface area contributed by atoms with Gasteiger partial charge in [-0.05, 0) is 0 Å². The number of rotatable bonds is 3. The number of amides is 1. The van der Waals surface area contributed by atoms with E-state index in [1.807, 2.05) is 0 Å². The first-order valence-corrected chi connectivity index (χ1v) is 2.46. The van der Waals surface area contributed by atoms with E-state index in [-0.39, 0.29) is 19.1 Å². The maximum atomic E-state index is 10.4. The maximum Gasteiger partial charge on any atom is 0.271 e. The summed E-state index contributed by atoms with van der Waals surface area (Å²) >= 11 is 0. The van der Waals surface area contributed by atoms with E-state index in [0.29, 0.717) is 0 Å². The molecule has 1 amide bonds. The van der Waals surface area contributed by atoms with E-state index in [0.717, 1.165) is 6.21 Å². The summed E-state index contributed by atoms with van der Waals surface area (Å²) in [6.07, 6.45) is 1.13. The standard InChI is InChI=1S/C5H9NO3/c1-9-4-5(8)6-2-3-7/h2,7H,3-4H2,1H3. The quantitative estimate of drug-likeness (QED) is 0.511. The highest BCUT2D eigenvalue weighted by atomic mass is 16.5. The molecular formula is C5H9NO3. The number of carbonyl (C=O) groups excluding carboxylic acids is 1. The molecule has 0 saturated heterocycles. The van der Waals surface area contributed by atoms with E-state index >= 15 is 0 Å². The molecule has 0 radical (unpaired) electrons. The van der Waals surface area contributed by atoms with Crippen molar-refractivity contribution in [2.75, 3.05) is 20.3 Å². The van der Waals surface area contributed by atoms with Gasteiger partial charge in [0.2, 0.25) is 0 Å². The van der Waals surface area contributed by atoms with Crippen molar-refractivity contribution < 1.29 is 14.6 Å². The molecule has 9 heavy (non-hydrogen) atoms. The van der Waals surface area contributed by atoms with E-state index in [2.05, 4.69) is 9.73 Å². The van der Waals surface area contributed by atoms with Crippen molar-refractivity contribution in [1.29, 1.82) is 0 Å². The van der Waals surface area contributed by atoms with Crippen molar-refractivity contribution in [2.45, 2.75) is 0 Å². The molecule has 0 aliphatic heterocycles. The summed E-state index contributed by atoms with van der Waals surface area (Å²) in [5.41, 5.74) is 0. The topological polar surface area (TPSA) is 58.9 Å². The summed E-state index contributed by atoms with van der Waals surface area (Å²) in [4.78, 5) is 13.7. The normalized spacial score (nSPS) is 10.4. The van der Waals surface area contributed by atoms with E-state index in [4.69, 9.17) is 5.11 Å². The largest absolute Gasteiger partial charge is 0.391 e. The average molecular weight is 131 g/mol. The third kappa shape index (κ3) is 5.13. The van der Waals surface area contributed by atoms with Crippen LogP contribution in [0.3, 0.4) is 0 Å². The Labute approximate surface area is 53.2 Å². The van der Waals surface area contributed by atoms with Crippen molar-refractivity contribution in [3.63, 3.8) is 0 Å². The third-order valence-corrected chi connectivity index (χ3v) is 0.585. The molecule has 0 bridgehead atoms. The lowest BCUT2D eigenvalue weighted by Crippen LogP contribution is -2.03. The summed E-state index contributed by atoms with van der Waals surface area (Å²) in [7, 11) is 1.41. The summed E-state index contributed by atoms with van der Waals surface area (Å²) < 4.78 is 4.46. The molecule has 0 unspecified atom stereocenters. The van der Waals surface area contributed by atoms with Crippen molar-refractivity contribution in [1.82, 2.24) is 0 Å². The predicted octanol–water partition coefficient (Wildman–Crippen LogP) is -0.777. The minimum Gasteiger partial charge on any atom is -0.391 e. The van der Waals surface area contributed by atoms with Crippen LogP contribution in [-0.2, 0) is 9.53 Å². The number of aliphatic imine (C=N–C) groups is 1. The van der Waals surface area contributed by atoms with Gasteiger partial charge in [-0.2, -0.15) is 0 Å². The van der Waals surface area contributed by atoms with Gasteiger partial charge in [0.05, 0.1) is 6.61 Å². The molecule has 52 valence electrons. The fourth-order valence-electron chi connectivity index (χ4n) is 0.303. The number of hydrogen-bond acceptors (Lipinski definition) is 3. The van der Waals surface area contributed by atoms with Crippen LogP contribution in [0.2, 0.25) is 0 Å². The van der Waals surface area contributed by atoms with Gasteiger partial charge in [-0.1, -0.05) is 0 Å². The van der Waals surface area contributed by atoms with Crippen molar-refractivity contribution in [2.24, 2.45) is 4.99 Å². The monoisotopic (exact) mass is 131 g/mol. The Morgan fingerprint density at radius 1 is 1.89 bits per heavy atom. The maximum absolute atomic E-state index is 10.4. The molecule has 0 rings (SSSR count). The molecule has 0 fully saturated rings. The summed E-state index contributed by atoms with van der Waals surface area (Å²) in [5, 5.41) is 8.14. The summed E-state index contributed by atoms with van der Waals surface area (Å²) in [6.45, 7) is -0.244. The molecule has 4 nitrogen and oxygen atoms in total.